The van der Waals surface area contributed by atoms with E-state index in [0.717, 1.165) is 36.4 Å². The van der Waals surface area contributed by atoms with Crippen LogP contribution in [0.5, 0.6) is 11.5 Å². The summed E-state index contributed by atoms with van der Waals surface area (Å²) in [6, 6.07) is 17.1. The molecule has 1 saturated heterocycles. The number of nitrogens with zero attached hydrogens (tertiary/aromatic N) is 2. The number of fused-ring (bicyclic) bond motifs is 1. The first-order valence-corrected chi connectivity index (χ1v) is 12.1. The fourth-order valence-electron chi connectivity index (χ4n) is 4.12. The SMILES string of the molecule is COc1cc(-c2nc3sc(-c4ccccc4)cc3c(=O)[nH]2)ccc1OCC(=O)N1CCCCC1. The number of ether oxygens (including phenoxy) is 2. The van der Waals surface area contributed by atoms with Crippen LogP contribution in [-0.2, 0) is 4.79 Å². The molecule has 8 heteroatoms. The highest BCUT2D eigenvalue weighted by molar-refractivity contribution is 7.21. The smallest absolute Gasteiger partial charge is 0.260 e. The topological polar surface area (TPSA) is 84.5 Å². The Morgan fingerprint density at radius 1 is 1.03 bits per heavy atom. The van der Waals surface area contributed by atoms with Crippen LogP contribution in [0, 0.1) is 0 Å². The minimum Gasteiger partial charge on any atom is -0.493 e. The van der Waals surface area contributed by atoms with E-state index in [9.17, 15) is 9.59 Å². The third-order valence-corrected chi connectivity index (χ3v) is 7.04. The zero-order chi connectivity index (χ0) is 23.5. The predicted octanol–water partition coefficient (Wildman–Crippen LogP) is 4.72. The number of hydrogen-bond acceptors (Lipinski definition) is 6. The highest BCUT2D eigenvalue weighted by atomic mass is 32.1. The molecule has 3 heterocycles. The van der Waals surface area contributed by atoms with Gasteiger partial charge in [0.1, 0.15) is 10.7 Å². The fraction of sp³-hybridized carbons (Fsp3) is 0.269. The minimum absolute atomic E-state index is 0.0193. The number of H-pyrrole nitrogens is 1. The maximum atomic E-state index is 12.8. The number of carbonyl (C=O) groups is 1. The molecule has 34 heavy (non-hydrogen) atoms. The Bertz CT molecular complexity index is 1370. The van der Waals surface area contributed by atoms with Gasteiger partial charge in [-0.05, 0) is 49.1 Å². The monoisotopic (exact) mass is 475 g/mol. The van der Waals surface area contributed by atoms with Gasteiger partial charge in [-0.2, -0.15) is 0 Å². The molecule has 2 aromatic carbocycles. The molecule has 4 aromatic rings. The van der Waals surface area contributed by atoms with Gasteiger partial charge in [0.2, 0.25) is 0 Å². The van der Waals surface area contributed by atoms with Gasteiger partial charge in [-0.1, -0.05) is 30.3 Å². The lowest BCUT2D eigenvalue weighted by Crippen LogP contribution is -2.38. The van der Waals surface area contributed by atoms with Crippen LogP contribution in [0.15, 0.2) is 59.4 Å². The third kappa shape index (κ3) is 4.54. The average molecular weight is 476 g/mol. The summed E-state index contributed by atoms with van der Waals surface area (Å²) in [6.45, 7) is 1.54. The van der Waals surface area contributed by atoms with Gasteiger partial charge in [-0.3, -0.25) is 9.59 Å². The van der Waals surface area contributed by atoms with Crippen LogP contribution in [0.2, 0.25) is 0 Å². The van der Waals surface area contributed by atoms with Crippen molar-refractivity contribution in [3.05, 3.63) is 65.0 Å². The number of methoxy groups -OCH3 is 1. The molecule has 5 rings (SSSR count). The van der Waals surface area contributed by atoms with Crippen molar-refractivity contribution in [3.63, 3.8) is 0 Å². The summed E-state index contributed by atoms with van der Waals surface area (Å²) >= 11 is 1.48. The van der Waals surface area contributed by atoms with Crippen LogP contribution in [-0.4, -0.2) is 47.6 Å². The Labute approximate surface area is 201 Å². The first kappa shape index (κ1) is 22.2. The molecule has 7 nitrogen and oxygen atoms in total. The number of thiophene rings is 1. The maximum absolute atomic E-state index is 12.8. The second-order valence-corrected chi connectivity index (χ2v) is 9.24. The van der Waals surface area contributed by atoms with E-state index in [1.807, 2.05) is 41.3 Å². The maximum Gasteiger partial charge on any atom is 0.260 e. The van der Waals surface area contributed by atoms with Crippen molar-refractivity contribution >= 4 is 27.5 Å². The molecule has 1 aliphatic rings. The van der Waals surface area contributed by atoms with E-state index in [1.165, 1.54) is 17.8 Å². The summed E-state index contributed by atoms with van der Waals surface area (Å²) < 4.78 is 11.3. The van der Waals surface area contributed by atoms with Crippen LogP contribution < -0.4 is 15.0 Å². The number of benzene rings is 2. The molecule has 2 aromatic heterocycles. The summed E-state index contributed by atoms with van der Waals surface area (Å²) in [5.41, 5.74) is 1.55. The lowest BCUT2D eigenvalue weighted by Gasteiger charge is -2.26. The number of aromatic amines is 1. The summed E-state index contributed by atoms with van der Waals surface area (Å²) in [4.78, 5) is 36.3. The fourth-order valence-corrected chi connectivity index (χ4v) is 5.16. The van der Waals surface area contributed by atoms with Gasteiger partial charge in [0.15, 0.2) is 18.1 Å². The first-order chi connectivity index (χ1) is 16.6. The summed E-state index contributed by atoms with van der Waals surface area (Å²) in [5, 5.41) is 0.566. The largest absolute Gasteiger partial charge is 0.493 e. The number of piperidine rings is 1. The van der Waals surface area contributed by atoms with Gasteiger partial charge in [-0.25, -0.2) is 4.98 Å². The summed E-state index contributed by atoms with van der Waals surface area (Å²) in [5.74, 6) is 1.38. The second kappa shape index (κ2) is 9.69. The van der Waals surface area contributed by atoms with Crippen molar-refractivity contribution in [2.75, 3.05) is 26.8 Å². The lowest BCUT2D eigenvalue weighted by atomic mass is 10.1. The summed E-state index contributed by atoms with van der Waals surface area (Å²) in [6.07, 6.45) is 3.24. The number of likely N-dealkylation sites (tertiary alicyclic amines) is 1. The van der Waals surface area contributed by atoms with E-state index in [4.69, 9.17) is 14.5 Å². The van der Waals surface area contributed by atoms with E-state index in [-0.39, 0.29) is 18.1 Å². The van der Waals surface area contributed by atoms with Crippen molar-refractivity contribution in [2.24, 2.45) is 0 Å². The molecule has 0 atom stereocenters. The van der Waals surface area contributed by atoms with Gasteiger partial charge in [0.25, 0.3) is 11.5 Å². The number of amides is 1. The van der Waals surface area contributed by atoms with Crippen molar-refractivity contribution in [1.29, 1.82) is 0 Å². The third-order valence-electron chi connectivity index (χ3n) is 5.96. The number of carbonyl (C=O) groups excluding carboxylic acids is 1. The zero-order valence-corrected chi connectivity index (χ0v) is 19.7. The number of hydrogen-bond donors (Lipinski definition) is 1. The Hall–Kier alpha value is -3.65. The van der Waals surface area contributed by atoms with Crippen LogP contribution >= 0.6 is 11.3 Å². The van der Waals surface area contributed by atoms with Gasteiger partial charge in [0.05, 0.1) is 12.5 Å². The molecular weight excluding hydrogens is 450 g/mol. The van der Waals surface area contributed by atoms with Gasteiger partial charge in [-0.15, -0.1) is 11.3 Å². The van der Waals surface area contributed by atoms with Crippen LogP contribution in [0.1, 0.15) is 19.3 Å². The molecule has 0 unspecified atom stereocenters. The van der Waals surface area contributed by atoms with Gasteiger partial charge >= 0.3 is 0 Å². The molecule has 1 aliphatic heterocycles. The normalized spacial score (nSPS) is 13.7. The Morgan fingerprint density at radius 3 is 2.59 bits per heavy atom. The molecule has 0 bridgehead atoms. The zero-order valence-electron chi connectivity index (χ0n) is 18.9. The highest BCUT2D eigenvalue weighted by Gasteiger charge is 2.18. The summed E-state index contributed by atoms with van der Waals surface area (Å²) in [7, 11) is 1.54. The van der Waals surface area contributed by atoms with Gasteiger partial charge in [0, 0.05) is 23.5 Å². The number of rotatable bonds is 6. The minimum atomic E-state index is -0.190. The van der Waals surface area contributed by atoms with E-state index >= 15 is 0 Å². The Kier molecular flexibility index (Phi) is 6.31. The van der Waals surface area contributed by atoms with Crippen molar-refractivity contribution in [2.45, 2.75) is 19.3 Å². The van der Waals surface area contributed by atoms with Gasteiger partial charge < -0.3 is 19.4 Å². The first-order valence-electron chi connectivity index (χ1n) is 11.3. The molecular formula is C26H25N3O4S. The van der Waals surface area contributed by atoms with Crippen molar-refractivity contribution < 1.29 is 14.3 Å². The Morgan fingerprint density at radius 2 is 1.82 bits per heavy atom. The second-order valence-electron chi connectivity index (χ2n) is 8.21. The van der Waals surface area contributed by atoms with Crippen LogP contribution in [0.4, 0.5) is 0 Å². The quantitative estimate of drug-likeness (QED) is 0.436. The van der Waals surface area contributed by atoms with E-state index in [1.54, 1.807) is 25.3 Å². The number of aromatic nitrogens is 2. The molecule has 0 aliphatic carbocycles. The average Bonchev–Trinajstić information content (AvgIpc) is 3.33. The molecule has 0 spiro atoms. The molecule has 0 radical (unpaired) electrons. The standard InChI is InChI=1S/C26H25N3O4S/c1-32-21-14-18(10-11-20(21)33-16-23(30)29-12-6-3-7-13-29)24-27-25(31)19-15-22(34-26(19)28-24)17-8-4-2-5-9-17/h2,4-5,8-11,14-15H,3,6-7,12-13,16H2,1H3,(H,27,28,31). The van der Waals surface area contributed by atoms with E-state index < -0.39 is 0 Å². The van der Waals surface area contributed by atoms with Crippen molar-refractivity contribution in [1.82, 2.24) is 14.9 Å². The van der Waals surface area contributed by atoms with Crippen LogP contribution in [0.3, 0.4) is 0 Å². The predicted molar refractivity (Wildman–Crippen MR) is 134 cm³/mol. The van der Waals surface area contributed by atoms with Crippen molar-refractivity contribution in [3.8, 4) is 33.3 Å². The molecule has 1 N–H and O–H groups in total. The lowest BCUT2D eigenvalue weighted by molar-refractivity contribution is -0.134. The molecule has 1 fully saturated rings. The Balaban J connectivity index is 1.39. The highest BCUT2D eigenvalue weighted by Crippen LogP contribution is 2.34. The molecule has 1 amide bonds. The molecule has 174 valence electrons. The van der Waals surface area contributed by atoms with E-state index in [2.05, 4.69) is 4.98 Å². The van der Waals surface area contributed by atoms with Crippen LogP contribution in [0.25, 0.3) is 32.0 Å². The van der Waals surface area contributed by atoms with E-state index in [0.29, 0.717) is 33.1 Å². The number of nitrogens with one attached hydrogen (secondary N) is 1. The molecule has 0 saturated carbocycles.